The van der Waals surface area contributed by atoms with Gasteiger partial charge in [0.05, 0.1) is 17.6 Å². The fraction of sp³-hybridized carbons (Fsp3) is 0.0385. The lowest BCUT2D eigenvalue weighted by Crippen LogP contribution is -2.11. The number of carbonyl (C=O) groups excluding carboxylic acids is 1. The predicted octanol–water partition coefficient (Wildman–Crippen LogP) is 4.89. The van der Waals surface area contributed by atoms with Crippen LogP contribution in [0, 0.1) is 5.82 Å². The summed E-state index contributed by atoms with van der Waals surface area (Å²) in [6.07, 6.45) is 6.18. The molecule has 156 valence electrons. The summed E-state index contributed by atoms with van der Waals surface area (Å²) in [5.41, 5.74) is 12.1. The molecule has 0 spiro atoms. The zero-order valence-electron chi connectivity index (χ0n) is 17.1. The third-order valence-corrected chi connectivity index (χ3v) is 5.37. The lowest BCUT2D eigenvalue weighted by Gasteiger charge is -2.07. The highest BCUT2D eigenvalue weighted by atomic mass is 19.1. The molecule has 0 radical (unpaired) electrons. The fourth-order valence-electron chi connectivity index (χ4n) is 3.81. The van der Waals surface area contributed by atoms with E-state index in [2.05, 4.69) is 9.97 Å². The molecule has 0 aliphatic heterocycles. The molecular formula is C26H19FN4O. The molecule has 0 atom stereocenters. The number of nitrogens with zero attached hydrogens (tertiary/aromatic N) is 3. The minimum Gasteiger partial charge on any atom is -0.366 e. The Morgan fingerprint density at radius 2 is 1.75 bits per heavy atom. The van der Waals surface area contributed by atoms with Crippen molar-refractivity contribution in [2.45, 2.75) is 6.42 Å². The number of aromatic nitrogens is 3. The third kappa shape index (κ3) is 3.86. The van der Waals surface area contributed by atoms with Crippen LogP contribution in [0.15, 0.2) is 91.4 Å². The van der Waals surface area contributed by atoms with Gasteiger partial charge in [-0.15, -0.1) is 0 Å². The summed E-state index contributed by atoms with van der Waals surface area (Å²) >= 11 is 0. The summed E-state index contributed by atoms with van der Waals surface area (Å²) in [6.45, 7) is 0. The van der Waals surface area contributed by atoms with Crippen molar-refractivity contribution in [3.8, 4) is 22.5 Å². The van der Waals surface area contributed by atoms with E-state index in [1.54, 1.807) is 18.3 Å². The van der Waals surface area contributed by atoms with Crippen LogP contribution in [0.4, 0.5) is 4.39 Å². The van der Waals surface area contributed by atoms with Crippen molar-refractivity contribution < 1.29 is 9.18 Å². The smallest absolute Gasteiger partial charge is 0.248 e. The topological polar surface area (TPSA) is 73.3 Å². The maximum atomic E-state index is 13.6. The molecule has 5 aromatic rings. The minimum absolute atomic E-state index is 0.293. The molecule has 3 aromatic heterocycles. The molecule has 0 fully saturated rings. The number of hydrogen-bond donors (Lipinski definition) is 1. The second kappa shape index (κ2) is 8.07. The molecule has 0 saturated carbocycles. The van der Waals surface area contributed by atoms with Crippen LogP contribution in [-0.4, -0.2) is 20.3 Å². The fourth-order valence-corrected chi connectivity index (χ4v) is 3.81. The molecule has 5 rings (SSSR count). The number of halogens is 1. The van der Waals surface area contributed by atoms with Crippen LogP contribution in [0.25, 0.3) is 28.2 Å². The maximum absolute atomic E-state index is 13.6. The first-order chi connectivity index (χ1) is 15.6. The standard InChI is InChI=1S/C26H19FN4O/c27-22-6-2-4-19(14-22)23-15-20(7-9-29-23)24-16-30-25-13-18(8-10-31(24)25)11-17-3-1-5-21(12-17)26(28)32/h1-10,12-16H,11H2,(H2,28,32). The third-order valence-electron chi connectivity index (χ3n) is 5.37. The Hall–Kier alpha value is -4.32. The summed E-state index contributed by atoms with van der Waals surface area (Å²) in [6, 6.07) is 21.6. The first kappa shape index (κ1) is 19.6. The highest BCUT2D eigenvalue weighted by Gasteiger charge is 2.10. The van der Waals surface area contributed by atoms with Crippen molar-refractivity contribution in [1.29, 1.82) is 0 Å². The van der Waals surface area contributed by atoms with Gasteiger partial charge in [0.1, 0.15) is 11.5 Å². The number of hydrogen-bond acceptors (Lipinski definition) is 3. The summed E-state index contributed by atoms with van der Waals surface area (Å²) < 4.78 is 15.6. The van der Waals surface area contributed by atoms with Crippen LogP contribution >= 0.6 is 0 Å². The molecule has 0 aliphatic rings. The van der Waals surface area contributed by atoms with Crippen LogP contribution < -0.4 is 5.73 Å². The molecule has 2 aromatic carbocycles. The van der Waals surface area contributed by atoms with Gasteiger partial charge in [-0.05, 0) is 66.1 Å². The maximum Gasteiger partial charge on any atom is 0.248 e. The van der Waals surface area contributed by atoms with Gasteiger partial charge in [0, 0.05) is 29.1 Å². The van der Waals surface area contributed by atoms with Gasteiger partial charge in [0.2, 0.25) is 5.91 Å². The number of amides is 1. The monoisotopic (exact) mass is 422 g/mol. The molecule has 1 amide bonds. The first-order valence-corrected chi connectivity index (χ1v) is 10.1. The average molecular weight is 422 g/mol. The highest BCUT2D eigenvalue weighted by molar-refractivity contribution is 5.92. The van der Waals surface area contributed by atoms with Crippen molar-refractivity contribution in [2.24, 2.45) is 5.73 Å². The largest absolute Gasteiger partial charge is 0.366 e. The Morgan fingerprint density at radius 3 is 2.59 bits per heavy atom. The zero-order chi connectivity index (χ0) is 22.1. The summed E-state index contributed by atoms with van der Waals surface area (Å²) in [4.78, 5) is 20.4. The SMILES string of the molecule is NC(=O)c1cccc(Cc2ccn3c(-c4ccnc(-c5cccc(F)c5)c4)cnc3c2)c1. The minimum atomic E-state index is -0.435. The number of pyridine rings is 2. The average Bonchev–Trinajstić information content (AvgIpc) is 3.23. The molecule has 0 bridgehead atoms. The second-order valence-corrected chi connectivity index (χ2v) is 7.59. The van der Waals surface area contributed by atoms with Crippen LogP contribution in [-0.2, 0) is 6.42 Å². The van der Waals surface area contributed by atoms with E-state index in [1.807, 2.05) is 65.3 Å². The Morgan fingerprint density at radius 1 is 0.906 bits per heavy atom. The Kier molecular flexibility index (Phi) is 4.95. The quantitative estimate of drug-likeness (QED) is 0.438. The summed E-state index contributed by atoms with van der Waals surface area (Å²) in [5, 5.41) is 0. The second-order valence-electron chi connectivity index (χ2n) is 7.59. The molecule has 2 N–H and O–H groups in total. The summed E-state index contributed by atoms with van der Waals surface area (Å²) in [5.74, 6) is -0.728. The van der Waals surface area contributed by atoms with E-state index in [0.29, 0.717) is 17.7 Å². The Balaban J connectivity index is 1.47. The van der Waals surface area contributed by atoms with Gasteiger partial charge in [-0.1, -0.05) is 24.3 Å². The van der Waals surface area contributed by atoms with Crippen molar-refractivity contribution in [2.75, 3.05) is 0 Å². The zero-order valence-corrected chi connectivity index (χ0v) is 17.1. The van der Waals surface area contributed by atoms with E-state index in [4.69, 9.17) is 5.73 Å². The Bertz CT molecular complexity index is 1460. The van der Waals surface area contributed by atoms with E-state index in [1.165, 1.54) is 12.1 Å². The van der Waals surface area contributed by atoms with Gasteiger partial charge in [-0.2, -0.15) is 0 Å². The number of primary amides is 1. The molecule has 0 saturated heterocycles. The van der Waals surface area contributed by atoms with E-state index in [9.17, 15) is 9.18 Å². The number of nitrogens with two attached hydrogens (primary N) is 1. The highest BCUT2D eigenvalue weighted by Crippen LogP contribution is 2.26. The molecule has 6 heteroatoms. The first-order valence-electron chi connectivity index (χ1n) is 10.1. The van der Waals surface area contributed by atoms with Crippen LogP contribution in [0.2, 0.25) is 0 Å². The predicted molar refractivity (Wildman–Crippen MR) is 122 cm³/mol. The molecule has 3 heterocycles. The molecule has 5 nitrogen and oxygen atoms in total. The van der Waals surface area contributed by atoms with Gasteiger partial charge in [0.15, 0.2) is 0 Å². The molecule has 0 unspecified atom stereocenters. The summed E-state index contributed by atoms with van der Waals surface area (Å²) in [7, 11) is 0. The van der Waals surface area contributed by atoms with Gasteiger partial charge in [-0.25, -0.2) is 9.37 Å². The van der Waals surface area contributed by atoms with Crippen LogP contribution in [0.3, 0.4) is 0 Å². The van der Waals surface area contributed by atoms with Gasteiger partial charge >= 0.3 is 0 Å². The number of carbonyl (C=O) groups is 1. The van der Waals surface area contributed by atoms with Crippen molar-refractivity contribution in [1.82, 2.24) is 14.4 Å². The van der Waals surface area contributed by atoms with Gasteiger partial charge in [-0.3, -0.25) is 14.2 Å². The number of rotatable bonds is 5. The molecule has 32 heavy (non-hydrogen) atoms. The lowest BCUT2D eigenvalue weighted by atomic mass is 10.0. The van der Waals surface area contributed by atoms with Crippen LogP contribution in [0.1, 0.15) is 21.5 Å². The van der Waals surface area contributed by atoms with E-state index in [0.717, 1.165) is 33.6 Å². The molecular weight excluding hydrogens is 403 g/mol. The number of benzene rings is 2. The Labute approximate surface area is 184 Å². The van der Waals surface area contributed by atoms with E-state index < -0.39 is 5.91 Å². The van der Waals surface area contributed by atoms with Gasteiger partial charge in [0.25, 0.3) is 0 Å². The lowest BCUT2D eigenvalue weighted by molar-refractivity contribution is 0.1000. The van der Waals surface area contributed by atoms with Crippen molar-refractivity contribution in [3.63, 3.8) is 0 Å². The van der Waals surface area contributed by atoms with Crippen molar-refractivity contribution in [3.05, 3.63) is 114 Å². The van der Waals surface area contributed by atoms with E-state index >= 15 is 0 Å². The number of fused-ring (bicyclic) bond motifs is 1. The number of imidazole rings is 1. The molecule has 0 aliphatic carbocycles. The normalized spacial score (nSPS) is 11.0. The van der Waals surface area contributed by atoms with E-state index in [-0.39, 0.29) is 5.82 Å². The van der Waals surface area contributed by atoms with Crippen LogP contribution in [0.5, 0.6) is 0 Å². The van der Waals surface area contributed by atoms with Gasteiger partial charge < -0.3 is 5.73 Å². The van der Waals surface area contributed by atoms with Crippen molar-refractivity contribution >= 4 is 11.6 Å².